The lowest BCUT2D eigenvalue weighted by Gasteiger charge is -2.23. The van der Waals surface area contributed by atoms with Crippen LogP contribution in [0.5, 0.6) is 11.5 Å². The summed E-state index contributed by atoms with van der Waals surface area (Å²) in [4.78, 5) is 34.0. The van der Waals surface area contributed by atoms with E-state index < -0.39 is 17.7 Å². The number of aromatic nitrogens is 4. The largest absolute Gasteiger partial charge is 0.505 e. The SMILES string of the molecule is CCCCCOc1ccc(C2/C(=C(\O)c3c(C)nc4ccccn34)C(=O)C(=O)N2c2nnc(SCc3cccc4ccccc34)s2)cc1OCC. The number of hydrogen-bond donors (Lipinski definition) is 1. The van der Waals surface area contributed by atoms with Gasteiger partial charge in [0.05, 0.1) is 30.5 Å². The van der Waals surface area contributed by atoms with Crippen LogP contribution in [0.1, 0.15) is 61.7 Å². The highest BCUT2D eigenvalue weighted by Crippen LogP contribution is 2.46. The number of thioether (sulfide) groups is 1. The van der Waals surface area contributed by atoms with Crippen LogP contribution in [-0.2, 0) is 15.3 Å². The number of rotatable bonds is 13. The van der Waals surface area contributed by atoms with E-state index in [1.165, 1.54) is 28.0 Å². The van der Waals surface area contributed by atoms with Crippen LogP contribution in [0.2, 0.25) is 0 Å². The summed E-state index contributed by atoms with van der Waals surface area (Å²) in [5.41, 5.74) is 3.07. The Morgan fingerprint density at radius 2 is 1.76 bits per heavy atom. The normalized spacial score (nSPS) is 15.7. The van der Waals surface area contributed by atoms with Crippen molar-refractivity contribution in [3.8, 4) is 11.5 Å². The molecule has 1 aliphatic heterocycles. The fraction of sp³-hybridized carbons (Fsp3) is 0.256. The Bertz CT molecular complexity index is 2270. The van der Waals surface area contributed by atoms with Crippen LogP contribution in [0.3, 0.4) is 0 Å². The molecule has 0 bridgehead atoms. The van der Waals surface area contributed by atoms with Gasteiger partial charge in [-0.3, -0.25) is 18.9 Å². The van der Waals surface area contributed by atoms with Gasteiger partial charge >= 0.3 is 5.91 Å². The first-order valence-corrected chi connectivity index (χ1v) is 18.8. The van der Waals surface area contributed by atoms with Crippen LogP contribution in [0.4, 0.5) is 5.13 Å². The molecule has 0 saturated carbocycles. The van der Waals surface area contributed by atoms with Crippen molar-refractivity contribution in [1.82, 2.24) is 19.6 Å². The number of unbranched alkanes of at least 4 members (excludes halogenated alkanes) is 2. The van der Waals surface area contributed by atoms with E-state index in [9.17, 15) is 14.7 Å². The fourth-order valence-electron chi connectivity index (χ4n) is 6.40. The van der Waals surface area contributed by atoms with Gasteiger partial charge in [-0.2, -0.15) is 0 Å². The van der Waals surface area contributed by atoms with Gasteiger partial charge in [-0.15, -0.1) is 10.2 Å². The maximum atomic E-state index is 14.0. The fourth-order valence-corrected chi connectivity index (χ4v) is 8.28. The molecular weight excluding hydrogens is 683 g/mol. The summed E-state index contributed by atoms with van der Waals surface area (Å²) in [7, 11) is 0. The van der Waals surface area contributed by atoms with Gasteiger partial charge in [0, 0.05) is 11.9 Å². The molecule has 0 radical (unpaired) electrons. The molecule has 1 saturated heterocycles. The molecule has 51 heavy (non-hydrogen) atoms. The summed E-state index contributed by atoms with van der Waals surface area (Å²) < 4.78 is 14.4. The number of aryl methyl sites for hydroxylation is 1. The summed E-state index contributed by atoms with van der Waals surface area (Å²) in [6, 6.07) is 24.2. The number of hydrogen-bond acceptors (Lipinski definition) is 10. The zero-order valence-corrected chi connectivity index (χ0v) is 30.2. The second-order valence-corrected chi connectivity index (χ2v) is 14.3. The van der Waals surface area contributed by atoms with Crippen LogP contribution in [0.15, 0.2) is 95.0 Å². The van der Waals surface area contributed by atoms with E-state index in [4.69, 9.17) is 9.47 Å². The second-order valence-electron chi connectivity index (χ2n) is 12.1. The van der Waals surface area contributed by atoms with Crippen LogP contribution < -0.4 is 14.4 Å². The quantitative estimate of drug-likeness (QED) is 0.0313. The predicted molar refractivity (Wildman–Crippen MR) is 201 cm³/mol. The molecule has 7 rings (SSSR count). The molecule has 1 aliphatic rings. The first-order chi connectivity index (χ1) is 24.9. The highest BCUT2D eigenvalue weighted by atomic mass is 32.2. The first-order valence-electron chi connectivity index (χ1n) is 17.0. The summed E-state index contributed by atoms with van der Waals surface area (Å²) in [6.45, 7) is 6.68. The van der Waals surface area contributed by atoms with Gasteiger partial charge < -0.3 is 14.6 Å². The Morgan fingerprint density at radius 3 is 2.61 bits per heavy atom. The number of amides is 1. The second kappa shape index (κ2) is 15.0. The van der Waals surface area contributed by atoms with Crippen molar-refractivity contribution in [2.24, 2.45) is 0 Å². The third-order valence-corrected chi connectivity index (χ3v) is 10.9. The minimum atomic E-state index is -1.03. The molecule has 4 heterocycles. The third kappa shape index (κ3) is 6.68. The van der Waals surface area contributed by atoms with Crippen molar-refractivity contribution < 1.29 is 24.2 Å². The van der Waals surface area contributed by atoms with Crippen molar-refractivity contribution in [3.05, 3.63) is 113 Å². The molecule has 0 aliphatic carbocycles. The number of carbonyl (C=O) groups excluding carboxylic acids is 2. The Morgan fingerprint density at radius 1 is 0.941 bits per heavy atom. The standard InChI is InChI=1S/C39H37N5O5S2/c1-4-6-11-21-49-29-19-18-26(22-30(29)48-5-2)34-32(35(45)33-24(3)40-31-17-9-10-20-43(31)33)36(46)37(47)44(34)38-41-42-39(51-38)50-23-27-15-12-14-25-13-7-8-16-28(25)27/h7-10,12-20,22,34,45H,4-6,11,21,23H2,1-3H3/b35-32+. The van der Waals surface area contributed by atoms with Gasteiger partial charge in [0.15, 0.2) is 21.6 Å². The summed E-state index contributed by atoms with van der Waals surface area (Å²) >= 11 is 2.74. The number of carbonyl (C=O) groups is 2. The summed E-state index contributed by atoms with van der Waals surface area (Å²) in [5.74, 6) is -0.289. The monoisotopic (exact) mass is 719 g/mol. The molecule has 1 atom stereocenters. The zero-order chi connectivity index (χ0) is 35.5. The van der Waals surface area contributed by atoms with E-state index in [1.807, 2.05) is 43.3 Å². The molecule has 10 nitrogen and oxygen atoms in total. The molecule has 1 amide bonds. The Labute approximate surface area is 303 Å². The number of imidazole rings is 1. The first kappa shape index (κ1) is 34.3. The van der Waals surface area contributed by atoms with Gasteiger partial charge in [0.2, 0.25) is 5.13 Å². The van der Waals surface area contributed by atoms with Crippen molar-refractivity contribution in [1.29, 1.82) is 0 Å². The summed E-state index contributed by atoms with van der Waals surface area (Å²) in [6.07, 6.45) is 4.78. The lowest BCUT2D eigenvalue weighted by Crippen LogP contribution is -2.29. The van der Waals surface area contributed by atoms with Gasteiger partial charge in [0.25, 0.3) is 5.78 Å². The average Bonchev–Trinajstić information content (AvgIpc) is 3.82. The van der Waals surface area contributed by atoms with E-state index in [1.54, 1.807) is 35.7 Å². The van der Waals surface area contributed by atoms with Crippen LogP contribution in [-0.4, -0.2) is 49.6 Å². The lowest BCUT2D eigenvalue weighted by molar-refractivity contribution is -0.132. The van der Waals surface area contributed by atoms with Gasteiger partial charge in [-0.05, 0) is 66.4 Å². The molecule has 260 valence electrons. The molecule has 3 aromatic heterocycles. The molecule has 12 heteroatoms. The topological polar surface area (TPSA) is 119 Å². The van der Waals surface area contributed by atoms with Gasteiger partial charge in [-0.25, -0.2) is 4.98 Å². The smallest absolute Gasteiger partial charge is 0.301 e. The number of ether oxygens (including phenoxy) is 2. The maximum absolute atomic E-state index is 14.0. The number of ketones is 1. The van der Waals surface area contributed by atoms with E-state index in [-0.39, 0.29) is 16.5 Å². The lowest BCUT2D eigenvalue weighted by atomic mass is 9.96. The maximum Gasteiger partial charge on any atom is 0.301 e. The number of fused-ring (bicyclic) bond motifs is 2. The highest BCUT2D eigenvalue weighted by Gasteiger charge is 2.49. The minimum absolute atomic E-state index is 0.0759. The molecule has 1 N–H and O–H groups in total. The molecule has 0 spiro atoms. The van der Waals surface area contributed by atoms with Crippen LogP contribution in [0.25, 0.3) is 22.2 Å². The molecule has 1 fully saturated rings. The van der Waals surface area contributed by atoms with E-state index in [0.717, 1.165) is 35.6 Å². The van der Waals surface area contributed by atoms with E-state index in [2.05, 4.69) is 46.4 Å². The average molecular weight is 720 g/mol. The number of pyridine rings is 1. The minimum Gasteiger partial charge on any atom is -0.505 e. The molecular formula is C39H37N5O5S2. The number of benzene rings is 3. The Balaban J connectivity index is 1.30. The number of Topliss-reactive ketones (excluding diaryl/α,β-unsaturated/α-hetero) is 1. The van der Waals surface area contributed by atoms with Crippen molar-refractivity contribution in [2.75, 3.05) is 18.1 Å². The van der Waals surface area contributed by atoms with E-state index in [0.29, 0.717) is 57.4 Å². The molecule has 1 unspecified atom stereocenters. The number of nitrogens with zero attached hydrogens (tertiary/aromatic N) is 5. The van der Waals surface area contributed by atoms with Crippen LogP contribution in [0, 0.1) is 6.92 Å². The van der Waals surface area contributed by atoms with Crippen molar-refractivity contribution in [3.63, 3.8) is 0 Å². The predicted octanol–water partition coefficient (Wildman–Crippen LogP) is 8.53. The zero-order valence-electron chi connectivity index (χ0n) is 28.5. The number of aliphatic hydroxyl groups is 1. The number of aliphatic hydroxyl groups excluding tert-OH is 1. The summed E-state index contributed by atoms with van der Waals surface area (Å²) in [5, 5.41) is 23.4. The van der Waals surface area contributed by atoms with Crippen molar-refractivity contribution in [2.45, 2.75) is 56.2 Å². The van der Waals surface area contributed by atoms with E-state index >= 15 is 0 Å². The molecule has 6 aromatic rings. The highest BCUT2D eigenvalue weighted by molar-refractivity contribution is 8.00. The van der Waals surface area contributed by atoms with Crippen molar-refractivity contribution >= 4 is 62.1 Å². The Kier molecular flexibility index (Phi) is 10.0. The van der Waals surface area contributed by atoms with Crippen LogP contribution >= 0.6 is 23.1 Å². The number of anilines is 1. The Hall–Kier alpha value is -5.20. The molecule has 3 aromatic carbocycles. The third-order valence-electron chi connectivity index (χ3n) is 8.79. The van der Waals surface area contributed by atoms with Gasteiger partial charge in [-0.1, -0.05) is 97.5 Å². The van der Waals surface area contributed by atoms with Gasteiger partial charge in [0.1, 0.15) is 11.3 Å².